The minimum atomic E-state index is -0.250. The Balaban J connectivity index is 0.000000187. The van der Waals surface area contributed by atoms with Crippen molar-refractivity contribution in [1.82, 2.24) is 0 Å². The highest BCUT2D eigenvalue weighted by Gasteiger charge is 1.97. The maximum Gasteiger partial charge on any atom is 0.290 e. The maximum absolute atomic E-state index is 8.36. The van der Waals surface area contributed by atoms with Crippen LogP contribution in [0.15, 0.2) is 4.99 Å². The summed E-state index contributed by atoms with van der Waals surface area (Å²) in [6.07, 6.45) is 0. The summed E-state index contributed by atoms with van der Waals surface area (Å²) in [4.78, 5) is 12.1. The van der Waals surface area contributed by atoms with Gasteiger partial charge in [0.2, 0.25) is 0 Å². The Kier molecular flexibility index (Phi) is 4.20. The predicted octanol–water partition coefficient (Wildman–Crippen LogP) is -0.968. The van der Waals surface area contributed by atoms with Gasteiger partial charge in [0, 0.05) is 0 Å². The van der Waals surface area contributed by atoms with E-state index in [2.05, 4.69) is 9.73 Å². The fourth-order valence-electron chi connectivity index (χ4n) is 0.352. The van der Waals surface area contributed by atoms with Crippen LogP contribution in [-0.4, -0.2) is 30.8 Å². The van der Waals surface area contributed by atoms with Crippen molar-refractivity contribution in [2.24, 2.45) is 10.7 Å². The van der Waals surface area contributed by atoms with Gasteiger partial charge in [-0.3, -0.25) is 4.79 Å². The molecule has 1 heterocycles. The zero-order valence-electron chi connectivity index (χ0n) is 4.78. The first-order chi connectivity index (χ1) is 4.31. The third kappa shape index (κ3) is 4.60. The van der Waals surface area contributed by atoms with Gasteiger partial charge in [0.25, 0.3) is 12.5 Å². The highest BCUT2D eigenvalue weighted by Crippen LogP contribution is 1.84. The summed E-state index contributed by atoms with van der Waals surface area (Å²) in [5.74, 6) is 0. The van der Waals surface area contributed by atoms with E-state index in [4.69, 9.17) is 15.6 Å². The molecule has 1 rings (SSSR count). The Labute approximate surface area is 52.1 Å². The summed E-state index contributed by atoms with van der Waals surface area (Å²) in [5, 5.41) is 6.89. The van der Waals surface area contributed by atoms with E-state index in [1.165, 1.54) is 0 Å². The van der Waals surface area contributed by atoms with Crippen molar-refractivity contribution in [2.75, 3.05) is 13.2 Å². The predicted molar refractivity (Wildman–Crippen MR) is 31.1 cm³/mol. The Morgan fingerprint density at radius 1 is 1.89 bits per heavy atom. The first-order valence-electron chi connectivity index (χ1n) is 2.32. The molecule has 0 amide bonds. The highest BCUT2D eigenvalue weighted by molar-refractivity contribution is 5.72. The van der Waals surface area contributed by atoms with Crippen LogP contribution in [0.3, 0.4) is 0 Å². The van der Waals surface area contributed by atoms with E-state index in [0.717, 1.165) is 6.54 Å². The number of carboxylic acid groups (broad SMARTS) is 1. The van der Waals surface area contributed by atoms with Crippen LogP contribution in [0.2, 0.25) is 0 Å². The van der Waals surface area contributed by atoms with E-state index in [1.54, 1.807) is 0 Å². The second-order valence-electron chi connectivity index (χ2n) is 1.17. The fourth-order valence-corrected chi connectivity index (χ4v) is 0.352. The van der Waals surface area contributed by atoms with Crippen LogP contribution in [0.25, 0.3) is 0 Å². The number of carbonyl (C=O) groups is 1. The fraction of sp³-hybridized carbons (Fsp3) is 0.500. The van der Waals surface area contributed by atoms with Crippen molar-refractivity contribution in [3.05, 3.63) is 0 Å². The van der Waals surface area contributed by atoms with Crippen LogP contribution in [-0.2, 0) is 9.53 Å². The van der Waals surface area contributed by atoms with Crippen molar-refractivity contribution in [3.8, 4) is 0 Å². The Morgan fingerprint density at radius 3 is 2.56 bits per heavy atom. The SMILES string of the molecule is NC1=NCCO1.O=CO. The Bertz CT molecular complexity index is 112. The number of rotatable bonds is 0. The van der Waals surface area contributed by atoms with Crippen molar-refractivity contribution in [1.29, 1.82) is 0 Å². The van der Waals surface area contributed by atoms with Gasteiger partial charge in [0.15, 0.2) is 0 Å². The third-order valence-corrected chi connectivity index (χ3v) is 0.609. The molecule has 5 heteroatoms. The lowest BCUT2D eigenvalue weighted by Gasteiger charge is -1.86. The molecule has 0 fully saturated rings. The minimum Gasteiger partial charge on any atom is -0.483 e. The molecule has 0 aromatic rings. The van der Waals surface area contributed by atoms with Gasteiger partial charge in [-0.05, 0) is 0 Å². The lowest BCUT2D eigenvalue weighted by atomic mass is 10.8. The zero-order chi connectivity index (χ0) is 7.11. The molecule has 5 nitrogen and oxygen atoms in total. The third-order valence-electron chi connectivity index (χ3n) is 0.609. The molecule has 3 N–H and O–H groups in total. The summed E-state index contributed by atoms with van der Waals surface area (Å²) >= 11 is 0. The van der Waals surface area contributed by atoms with Crippen LogP contribution in [0, 0.1) is 0 Å². The van der Waals surface area contributed by atoms with Gasteiger partial charge in [-0.25, -0.2) is 4.99 Å². The minimum absolute atomic E-state index is 0.250. The van der Waals surface area contributed by atoms with Gasteiger partial charge in [-0.2, -0.15) is 0 Å². The van der Waals surface area contributed by atoms with Crippen molar-refractivity contribution in [3.63, 3.8) is 0 Å². The average molecular weight is 132 g/mol. The molecule has 0 aromatic heterocycles. The second kappa shape index (κ2) is 4.89. The van der Waals surface area contributed by atoms with E-state index in [9.17, 15) is 0 Å². The summed E-state index contributed by atoms with van der Waals surface area (Å²) in [6, 6.07) is 0.329. The van der Waals surface area contributed by atoms with Crippen LogP contribution < -0.4 is 5.73 Å². The number of hydrogen-bond donors (Lipinski definition) is 2. The first-order valence-corrected chi connectivity index (χ1v) is 2.32. The van der Waals surface area contributed by atoms with Gasteiger partial charge >= 0.3 is 0 Å². The van der Waals surface area contributed by atoms with Crippen LogP contribution in [0.4, 0.5) is 0 Å². The van der Waals surface area contributed by atoms with Crippen LogP contribution in [0.1, 0.15) is 0 Å². The number of aliphatic imine (C=N–C) groups is 1. The summed E-state index contributed by atoms with van der Waals surface area (Å²) in [7, 11) is 0. The summed E-state index contributed by atoms with van der Waals surface area (Å²) in [5.41, 5.74) is 5.06. The molecule has 0 radical (unpaired) electrons. The lowest BCUT2D eigenvalue weighted by Crippen LogP contribution is -2.10. The Hall–Kier alpha value is -1.26. The zero-order valence-corrected chi connectivity index (χ0v) is 4.78. The molecule has 0 saturated heterocycles. The topological polar surface area (TPSA) is 84.9 Å². The number of nitrogens with zero attached hydrogens (tertiary/aromatic N) is 1. The van der Waals surface area contributed by atoms with Crippen LogP contribution >= 0.6 is 0 Å². The molecule has 1 aliphatic heterocycles. The van der Waals surface area contributed by atoms with Gasteiger partial charge in [-0.1, -0.05) is 0 Å². The lowest BCUT2D eigenvalue weighted by molar-refractivity contribution is -0.122. The van der Waals surface area contributed by atoms with Gasteiger partial charge in [0.1, 0.15) is 6.61 Å². The molecule has 0 spiro atoms. The average Bonchev–Trinajstić information content (AvgIpc) is 2.20. The Morgan fingerprint density at radius 2 is 2.44 bits per heavy atom. The van der Waals surface area contributed by atoms with E-state index in [-0.39, 0.29) is 6.47 Å². The highest BCUT2D eigenvalue weighted by atomic mass is 16.5. The van der Waals surface area contributed by atoms with E-state index in [0.29, 0.717) is 12.6 Å². The number of hydrogen-bond acceptors (Lipinski definition) is 4. The molecule has 0 bridgehead atoms. The molecule has 0 aromatic carbocycles. The smallest absolute Gasteiger partial charge is 0.290 e. The first kappa shape index (κ1) is 7.74. The molecule has 0 atom stereocenters. The van der Waals surface area contributed by atoms with E-state index >= 15 is 0 Å². The quantitative estimate of drug-likeness (QED) is 0.415. The second-order valence-corrected chi connectivity index (χ2v) is 1.17. The molecule has 0 aliphatic carbocycles. The van der Waals surface area contributed by atoms with Gasteiger partial charge in [-0.15, -0.1) is 0 Å². The van der Waals surface area contributed by atoms with E-state index in [1.807, 2.05) is 0 Å². The van der Waals surface area contributed by atoms with Crippen molar-refractivity contribution in [2.45, 2.75) is 0 Å². The maximum atomic E-state index is 8.36. The number of ether oxygens (including phenoxy) is 1. The molecule has 1 aliphatic rings. The van der Waals surface area contributed by atoms with E-state index < -0.39 is 0 Å². The molecular weight excluding hydrogens is 124 g/mol. The molecule has 0 saturated carbocycles. The van der Waals surface area contributed by atoms with Gasteiger partial charge < -0.3 is 15.6 Å². The monoisotopic (exact) mass is 132 g/mol. The van der Waals surface area contributed by atoms with Gasteiger partial charge in [0.05, 0.1) is 6.54 Å². The largest absolute Gasteiger partial charge is 0.483 e. The van der Waals surface area contributed by atoms with Crippen molar-refractivity contribution >= 4 is 12.5 Å². The number of nitrogens with two attached hydrogens (primary N) is 1. The van der Waals surface area contributed by atoms with Crippen LogP contribution in [0.5, 0.6) is 0 Å². The molecular formula is C4H8N2O3. The number of amidine groups is 1. The summed E-state index contributed by atoms with van der Waals surface area (Å²) in [6.45, 7) is 1.14. The molecule has 9 heavy (non-hydrogen) atoms. The normalized spacial score (nSPS) is 14.4. The van der Waals surface area contributed by atoms with Crippen molar-refractivity contribution < 1.29 is 14.6 Å². The summed E-state index contributed by atoms with van der Waals surface area (Å²) < 4.78 is 4.68. The molecule has 52 valence electrons. The molecule has 0 unspecified atom stereocenters. The standard InChI is InChI=1S/C3H6N2O.CH2O2/c4-3-5-1-2-6-3;2-1-3/h1-2H2,(H2,4,5);1H,(H,2,3).